The van der Waals surface area contributed by atoms with Crippen molar-refractivity contribution in [3.8, 4) is 0 Å². The van der Waals surface area contributed by atoms with Crippen LogP contribution in [0.1, 0.15) is 6.42 Å². The number of hydrogen-bond acceptors (Lipinski definition) is 1. The summed E-state index contributed by atoms with van der Waals surface area (Å²) in [5, 5.41) is 0. The molecule has 0 saturated heterocycles. The summed E-state index contributed by atoms with van der Waals surface area (Å²) in [7, 11) is 0. The first-order valence-electron chi connectivity index (χ1n) is 1.89. The van der Waals surface area contributed by atoms with Gasteiger partial charge in [0.05, 0.1) is 0 Å². The predicted octanol–water partition coefficient (Wildman–Crippen LogP) is 0.168. The maximum Gasteiger partial charge on any atom is 0.00709 e. The van der Waals surface area contributed by atoms with E-state index in [0.717, 1.165) is 6.42 Å². The van der Waals surface area contributed by atoms with Crippen LogP contribution in [-0.2, 0) is 0 Å². The van der Waals surface area contributed by atoms with Crippen LogP contribution in [0.25, 0.3) is 0 Å². The summed E-state index contributed by atoms with van der Waals surface area (Å²) in [4.78, 5) is 0. The van der Waals surface area contributed by atoms with E-state index in [1.165, 1.54) is 0 Å². The van der Waals surface area contributed by atoms with Crippen molar-refractivity contribution in [2.45, 2.75) is 12.5 Å². The van der Waals surface area contributed by atoms with Crippen molar-refractivity contribution in [2.75, 3.05) is 0 Å². The third kappa shape index (κ3) is 0.428. The molecule has 1 fully saturated rings. The lowest BCUT2D eigenvalue weighted by Gasteiger charge is -1.68. The van der Waals surface area contributed by atoms with Crippen molar-refractivity contribution in [3.05, 3.63) is 6.92 Å². The third-order valence-electron chi connectivity index (χ3n) is 0.977. The highest BCUT2D eigenvalue weighted by Crippen LogP contribution is 2.25. The molecule has 2 unspecified atom stereocenters. The maximum absolute atomic E-state index is 5.30. The fourth-order valence-corrected chi connectivity index (χ4v) is 0.271. The zero-order chi connectivity index (χ0) is 3.86. The summed E-state index contributed by atoms with van der Waals surface area (Å²) in [6.45, 7) is 3.71. The molecule has 0 amide bonds. The molecular formula is C4H8N. The van der Waals surface area contributed by atoms with Crippen molar-refractivity contribution in [1.82, 2.24) is 0 Å². The van der Waals surface area contributed by atoms with Gasteiger partial charge in [0.15, 0.2) is 0 Å². The van der Waals surface area contributed by atoms with Gasteiger partial charge in [-0.3, -0.25) is 0 Å². The van der Waals surface area contributed by atoms with Crippen LogP contribution in [-0.4, -0.2) is 6.04 Å². The van der Waals surface area contributed by atoms with E-state index in [0.29, 0.717) is 12.0 Å². The molecule has 1 nitrogen and oxygen atoms in total. The Morgan fingerprint density at radius 1 is 1.80 bits per heavy atom. The van der Waals surface area contributed by atoms with E-state index in [9.17, 15) is 0 Å². The Kier molecular flexibility index (Phi) is 0.453. The molecule has 0 aromatic heterocycles. The lowest BCUT2D eigenvalue weighted by molar-refractivity contribution is 0.974. The minimum Gasteiger partial charge on any atom is -0.327 e. The molecule has 0 heterocycles. The summed E-state index contributed by atoms with van der Waals surface area (Å²) in [6, 6.07) is 0.440. The fourth-order valence-electron chi connectivity index (χ4n) is 0.271. The minimum atomic E-state index is 0.440. The third-order valence-corrected chi connectivity index (χ3v) is 0.977. The molecule has 0 aliphatic heterocycles. The lowest BCUT2D eigenvalue weighted by atomic mass is 10.5. The second-order valence-electron chi connectivity index (χ2n) is 1.66. The monoisotopic (exact) mass is 70.1 g/mol. The van der Waals surface area contributed by atoms with Gasteiger partial charge in [-0.15, -0.1) is 0 Å². The van der Waals surface area contributed by atoms with Gasteiger partial charge in [-0.25, -0.2) is 0 Å². The molecule has 2 atom stereocenters. The van der Waals surface area contributed by atoms with Crippen molar-refractivity contribution in [3.63, 3.8) is 0 Å². The number of hydrogen-bond donors (Lipinski definition) is 1. The van der Waals surface area contributed by atoms with Crippen molar-refractivity contribution >= 4 is 0 Å². The van der Waals surface area contributed by atoms with Gasteiger partial charge < -0.3 is 5.73 Å². The second kappa shape index (κ2) is 0.716. The molecule has 0 aromatic rings. The van der Waals surface area contributed by atoms with E-state index in [4.69, 9.17) is 5.73 Å². The van der Waals surface area contributed by atoms with Gasteiger partial charge in [-0.1, -0.05) is 0 Å². The van der Waals surface area contributed by atoms with Gasteiger partial charge in [-0.05, 0) is 19.3 Å². The van der Waals surface area contributed by atoms with Gasteiger partial charge in [0.2, 0.25) is 0 Å². The Labute approximate surface area is 32.2 Å². The highest BCUT2D eigenvalue weighted by molar-refractivity contribution is 4.91. The van der Waals surface area contributed by atoms with Gasteiger partial charge >= 0.3 is 0 Å². The van der Waals surface area contributed by atoms with Crippen LogP contribution in [0.3, 0.4) is 0 Å². The van der Waals surface area contributed by atoms with Crippen LogP contribution < -0.4 is 5.73 Å². The van der Waals surface area contributed by atoms with Gasteiger partial charge in [-0.2, -0.15) is 0 Å². The number of rotatable bonds is 0. The SMILES string of the molecule is [CH2]C1CC1N. The largest absolute Gasteiger partial charge is 0.327 e. The van der Waals surface area contributed by atoms with Gasteiger partial charge in [0.1, 0.15) is 0 Å². The zero-order valence-corrected chi connectivity index (χ0v) is 3.15. The van der Waals surface area contributed by atoms with Crippen molar-refractivity contribution < 1.29 is 0 Å². The molecular weight excluding hydrogens is 62.1 g/mol. The first-order valence-corrected chi connectivity index (χ1v) is 1.89. The Bertz CT molecular complexity index is 36.9. The van der Waals surface area contributed by atoms with Crippen molar-refractivity contribution in [1.29, 1.82) is 0 Å². The minimum absolute atomic E-state index is 0.440. The summed E-state index contributed by atoms with van der Waals surface area (Å²) in [5.41, 5.74) is 5.30. The Morgan fingerprint density at radius 3 is 2.00 bits per heavy atom. The predicted molar refractivity (Wildman–Crippen MR) is 21.4 cm³/mol. The average Bonchev–Trinajstić information content (AvgIpc) is 1.79. The molecule has 0 aromatic carbocycles. The summed E-state index contributed by atoms with van der Waals surface area (Å²) in [5.74, 6) is 0.579. The molecule has 0 spiro atoms. The molecule has 1 saturated carbocycles. The summed E-state index contributed by atoms with van der Waals surface area (Å²) >= 11 is 0. The standard InChI is InChI=1S/C4H8N/c1-3-2-4(3)5/h3-4H,1-2,5H2. The Balaban J connectivity index is 2.20. The highest BCUT2D eigenvalue weighted by atomic mass is 14.7. The molecule has 29 valence electrons. The van der Waals surface area contributed by atoms with Crippen molar-refractivity contribution in [2.24, 2.45) is 11.7 Å². The average molecular weight is 70.1 g/mol. The van der Waals surface area contributed by atoms with Gasteiger partial charge in [0, 0.05) is 6.04 Å². The summed E-state index contributed by atoms with van der Waals surface area (Å²) in [6.07, 6.45) is 1.14. The van der Waals surface area contributed by atoms with E-state index in [-0.39, 0.29) is 0 Å². The maximum atomic E-state index is 5.30. The topological polar surface area (TPSA) is 26.0 Å². The second-order valence-corrected chi connectivity index (χ2v) is 1.66. The van der Waals surface area contributed by atoms with Crippen LogP contribution in [0, 0.1) is 12.8 Å². The quantitative estimate of drug-likeness (QED) is 0.432. The van der Waals surface area contributed by atoms with Crippen LogP contribution >= 0.6 is 0 Å². The van der Waals surface area contributed by atoms with Crippen LogP contribution in [0.2, 0.25) is 0 Å². The first-order chi connectivity index (χ1) is 2.30. The highest BCUT2D eigenvalue weighted by Gasteiger charge is 2.27. The van der Waals surface area contributed by atoms with E-state index < -0.39 is 0 Å². The molecule has 5 heavy (non-hydrogen) atoms. The molecule has 1 rings (SSSR count). The van der Waals surface area contributed by atoms with Crippen LogP contribution in [0.5, 0.6) is 0 Å². The van der Waals surface area contributed by atoms with Crippen LogP contribution in [0.15, 0.2) is 0 Å². The molecule has 1 heteroatoms. The molecule has 1 aliphatic rings. The molecule has 0 bridgehead atoms. The first kappa shape index (κ1) is 3.16. The molecule has 1 aliphatic carbocycles. The zero-order valence-electron chi connectivity index (χ0n) is 3.15. The van der Waals surface area contributed by atoms with E-state index in [1.807, 2.05) is 0 Å². The van der Waals surface area contributed by atoms with Gasteiger partial charge in [0.25, 0.3) is 0 Å². The Morgan fingerprint density at radius 2 is 2.00 bits per heavy atom. The van der Waals surface area contributed by atoms with Crippen LogP contribution in [0.4, 0.5) is 0 Å². The van der Waals surface area contributed by atoms with E-state index in [2.05, 4.69) is 6.92 Å². The smallest absolute Gasteiger partial charge is 0.00709 e. The molecule has 2 N–H and O–H groups in total. The number of nitrogens with two attached hydrogens (primary N) is 1. The Hall–Kier alpha value is -0.0400. The van der Waals surface area contributed by atoms with E-state index in [1.54, 1.807) is 0 Å². The summed E-state index contributed by atoms with van der Waals surface area (Å²) < 4.78 is 0. The van der Waals surface area contributed by atoms with E-state index >= 15 is 0 Å². The molecule has 1 radical (unpaired) electrons. The fraction of sp³-hybridized carbons (Fsp3) is 0.750. The lowest BCUT2D eigenvalue weighted by Crippen LogP contribution is -1.98. The normalized spacial score (nSPS) is 49.2.